The molecule has 2 atom stereocenters. The zero-order valence-electron chi connectivity index (χ0n) is 15.9. The highest BCUT2D eigenvalue weighted by Crippen LogP contribution is 2.26. The number of fused-ring (bicyclic) bond motifs is 2. The van der Waals surface area contributed by atoms with E-state index in [4.69, 9.17) is 4.74 Å². The van der Waals surface area contributed by atoms with Gasteiger partial charge in [0.05, 0.1) is 18.7 Å². The Balaban J connectivity index is 0.00000140. The molecule has 2 saturated heterocycles. The number of amides is 1. The molecule has 4 rings (SSSR count). The Morgan fingerprint density at radius 2 is 1.96 bits per heavy atom. The number of carbonyl (C=O) groups is 1. The van der Waals surface area contributed by atoms with Crippen LogP contribution in [-0.2, 0) is 11.2 Å². The average Bonchev–Trinajstić information content (AvgIpc) is 3.22. The number of likely N-dealkylation sites (tertiary alicyclic amines) is 1. The van der Waals surface area contributed by atoms with Gasteiger partial charge in [-0.1, -0.05) is 0 Å². The van der Waals surface area contributed by atoms with Crippen LogP contribution in [-0.4, -0.2) is 47.6 Å². The molecule has 0 spiro atoms. The normalized spacial score (nSPS) is 20.7. The van der Waals surface area contributed by atoms with Crippen LogP contribution >= 0.6 is 36.2 Å². The number of nitrogens with one attached hydrogen (secondary N) is 1. The molecule has 28 heavy (non-hydrogen) atoms. The molecule has 1 N–H and O–H groups in total. The Morgan fingerprint density at radius 1 is 1.21 bits per heavy atom. The maximum Gasteiger partial charge on any atom is 0.228 e. The van der Waals surface area contributed by atoms with Gasteiger partial charge in [-0.15, -0.1) is 36.2 Å². The highest BCUT2D eigenvalue weighted by Gasteiger charge is 2.31. The minimum Gasteiger partial charge on any atom is -0.494 e. The Labute approximate surface area is 182 Å². The van der Waals surface area contributed by atoms with Gasteiger partial charge in [-0.25, -0.2) is 4.98 Å². The molecule has 8 heteroatoms. The lowest BCUT2D eigenvalue weighted by molar-refractivity contribution is -0.130. The molecule has 1 aromatic carbocycles. The number of hydrogen-bond acceptors (Lipinski definition) is 5. The molecule has 5 nitrogen and oxygen atoms in total. The minimum absolute atomic E-state index is 0. The SMILES string of the molecule is CCOc1ccc(-c2nc(CC(=O)N3CCC4CCC(C3)N4)cs2)cc1.Cl.Cl. The van der Waals surface area contributed by atoms with E-state index >= 15 is 0 Å². The highest BCUT2D eigenvalue weighted by molar-refractivity contribution is 7.13. The summed E-state index contributed by atoms with van der Waals surface area (Å²) in [6.07, 6.45) is 3.90. The van der Waals surface area contributed by atoms with Gasteiger partial charge in [-0.2, -0.15) is 0 Å². The molecule has 2 fully saturated rings. The first-order valence-electron chi connectivity index (χ1n) is 9.42. The average molecular weight is 444 g/mol. The monoisotopic (exact) mass is 443 g/mol. The van der Waals surface area contributed by atoms with E-state index in [-0.39, 0.29) is 30.7 Å². The lowest BCUT2D eigenvalue weighted by Crippen LogP contribution is -2.39. The minimum atomic E-state index is 0. The van der Waals surface area contributed by atoms with Crippen LogP contribution in [0.2, 0.25) is 0 Å². The fourth-order valence-corrected chi connectivity index (χ4v) is 4.64. The number of nitrogens with zero attached hydrogens (tertiary/aromatic N) is 2. The number of halogens is 2. The molecule has 0 saturated carbocycles. The molecule has 154 valence electrons. The number of aromatic nitrogens is 1. The first-order valence-corrected chi connectivity index (χ1v) is 10.3. The molecular weight excluding hydrogens is 417 g/mol. The van der Waals surface area contributed by atoms with Crippen molar-refractivity contribution in [3.8, 4) is 16.3 Å². The summed E-state index contributed by atoms with van der Waals surface area (Å²) in [4.78, 5) is 19.4. The third-order valence-electron chi connectivity index (χ3n) is 5.17. The third-order valence-corrected chi connectivity index (χ3v) is 6.11. The van der Waals surface area contributed by atoms with Gasteiger partial charge in [0.15, 0.2) is 0 Å². The Morgan fingerprint density at radius 3 is 2.71 bits per heavy atom. The van der Waals surface area contributed by atoms with Gasteiger partial charge in [-0.05, 0) is 50.5 Å². The van der Waals surface area contributed by atoms with E-state index in [1.165, 1.54) is 12.8 Å². The van der Waals surface area contributed by atoms with Gasteiger partial charge in [0.25, 0.3) is 0 Å². The summed E-state index contributed by atoms with van der Waals surface area (Å²) in [5.74, 6) is 1.06. The lowest BCUT2D eigenvalue weighted by atomic mass is 10.1. The van der Waals surface area contributed by atoms with E-state index in [0.717, 1.165) is 41.5 Å². The maximum absolute atomic E-state index is 12.7. The van der Waals surface area contributed by atoms with Crippen molar-refractivity contribution in [2.45, 2.75) is 44.7 Å². The fourth-order valence-electron chi connectivity index (χ4n) is 3.82. The van der Waals surface area contributed by atoms with Gasteiger partial charge in [0, 0.05) is 36.1 Å². The lowest BCUT2D eigenvalue weighted by Gasteiger charge is -2.24. The second-order valence-electron chi connectivity index (χ2n) is 7.04. The summed E-state index contributed by atoms with van der Waals surface area (Å²) in [5, 5.41) is 6.58. The summed E-state index contributed by atoms with van der Waals surface area (Å²) in [5.41, 5.74) is 1.93. The third kappa shape index (κ3) is 5.38. The van der Waals surface area contributed by atoms with Crippen molar-refractivity contribution in [3.05, 3.63) is 35.3 Å². The number of thiazole rings is 1. The molecule has 2 aliphatic heterocycles. The van der Waals surface area contributed by atoms with Crippen molar-refractivity contribution >= 4 is 42.1 Å². The molecular formula is C20H27Cl2N3O2S. The molecule has 2 bridgehead atoms. The van der Waals surface area contributed by atoms with Crippen LogP contribution in [0.4, 0.5) is 0 Å². The van der Waals surface area contributed by atoms with Crippen LogP contribution in [0.25, 0.3) is 10.6 Å². The van der Waals surface area contributed by atoms with Crippen molar-refractivity contribution in [1.82, 2.24) is 15.2 Å². The first-order chi connectivity index (χ1) is 12.7. The quantitative estimate of drug-likeness (QED) is 0.759. The summed E-state index contributed by atoms with van der Waals surface area (Å²) in [6.45, 7) is 4.34. The molecule has 0 radical (unpaired) electrons. The second-order valence-corrected chi connectivity index (χ2v) is 7.90. The van der Waals surface area contributed by atoms with Gasteiger partial charge >= 0.3 is 0 Å². The largest absolute Gasteiger partial charge is 0.494 e. The first kappa shape index (κ1) is 22.9. The Bertz CT molecular complexity index is 769. The van der Waals surface area contributed by atoms with E-state index in [2.05, 4.69) is 10.3 Å². The van der Waals surface area contributed by atoms with Crippen LogP contribution in [0.1, 0.15) is 31.9 Å². The van der Waals surface area contributed by atoms with Gasteiger partial charge in [0.1, 0.15) is 10.8 Å². The number of benzene rings is 1. The molecule has 2 unspecified atom stereocenters. The molecule has 3 heterocycles. The van der Waals surface area contributed by atoms with Gasteiger partial charge < -0.3 is 15.0 Å². The summed E-state index contributed by atoms with van der Waals surface area (Å²) in [7, 11) is 0. The van der Waals surface area contributed by atoms with E-state index < -0.39 is 0 Å². The van der Waals surface area contributed by atoms with Crippen LogP contribution in [0, 0.1) is 0 Å². The van der Waals surface area contributed by atoms with Gasteiger partial charge in [-0.3, -0.25) is 4.79 Å². The van der Waals surface area contributed by atoms with E-state index in [1.807, 2.05) is 41.5 Å². The molecule has 2 aromatic rings. The van der Waals surface area contributed by atoms with Crippen molar-refractivity contribution < 1.29 is 9.53 Å². The standard InChI is InChI=1S/C20H25N3O2S.2ClH/c1-2-25-18-7-3-14(4-8-18)20-22-17(13-26-20)11-19(24)23-10-9-15-5-6-16(12-23)21-15;;/h3-4,7-8,13,15-16,21H,2,5-6,9-12H2,1H3;2*1H. The zero-order valence-corrected chi connectivity index (χ0v) is 18.4. The van der Waals surface area contributed by atoms with Crippen LogP contribution in [0.3, 0.4) is 0 Å². The van der Waals surface area contributed by atoms with Crippen LogP contribution in [0.5, 0.6) is 5.75 Å². The van der Waals surface area contributed by atoms with Crippen molar-refractivity contribution in [2.24, 2.45) is 0 Å². The predicted molar refractivity (Wildman–Crippen MR) is 118 cm³/mol. The van der Waals surface area contributed by atoms with Crippen LogP contribution < -0.4 is 10.1 Å². The molecule has 0 aliphatic carbocycles. The number of ether oxygens (including phenoxy) is 1. The van der Waals surface area contributed by atoms with Crippen molar-refractivity contribution in [2.75, 3.05) is 19.7 Å². The number of carbonyl (C=O) groups excluding carboxylic acids is 1. The number of rotatable bonds is 5. The Hall–Kier alpha value is -1.34. The Kier molecular flexibility index (Phi) is 8.56. The number of hydrogen-bond donors (Lipinski definition) is 1. The van der Waals surface area contributed by atoms with E-state index in [9.17, 15) is 4.79 Å². The van der Waals surface area contributed by atoms with Gasteiger partial charge in [0.2, 0.25) is 5.91 Å². The predicted octanol–water partition coefficient (Wildman–Crippen LogP) is 3.95. The highest BCUT2D eigenvalue weighted by atomic mass is 35.5. The molecule has 1 amide bonds. The summed E-state index contributed by atoms with van der Waals surface area (Å²) >= 11 is 1.59. The topological polar surface area (TPSA) is 54.5 Å². The smallest absolute Gasteiger partial charge is 0.228 e. The summed E-state index contributed by atoms with van der Waals surface area (Å²) < 4.78 is 5.48. The van der Waals surface area contributed by atoms with E-state index in [0.29, 0.717) is 25.1 Å². The van der Waals surface area contributed by atoms with Crippen LogP contribution in [0.15, 0.2) is 29.6 Å². The molecule has 1 aromatic heterocycles. The maximum atomic E-state index is 12.7. The molecule has 2 aliphatic rings. The van der Waals surface area contributed by atoms with Crippen molar-refractivity contribution in [3.63, 3.8) is 0 Å². The van der Waals surface area contributed by atoms with E-state index in [1.54, 1.807) is 11.3 Å². The zero-order chi connectivity index (χ0) is 17.9. The second kappa shape index (κ2) is 10.4. The van der Waals surface area contributed by atoms with Crippen molar-refractivity contribution in [1.29, 1.82) is 0 Å². The fraction of sp³-hybridized carbons (Fsp3) is 0.500. The summed E-state index contributed by atoms with van der Waals surface area (Å²) in [6, 6.07) is 9.04.